The smallest absolute Gasteiger partial charge is 0.0636 e. The highest BCUT2D eigenvalue weighted by molar-refractivity contribution is 6.35. The van der Waals surface area contributed by atoms with E-state index in [1.54, 1.807) is 12.4 Å². The number of rotatable bonds is 3. The van der Waals surface area contributed by atoms with E-state index in [2.05, 4.69) is 4.98 Å². The zero-order chi connectivity index (χ0) is 9.84. The molecule has 1 atom stereocenters. The van der Waals surface area contributed by atoms with Gasteiger partial charge in [0.15, 0.2) is 0 Å². The van der Waals surface area contributed by atoms with Crippen molar-refractivity contribution in [1.29, 1.82) is 0 Å². The van der Waals surface area contributed by atoms with Gasteiger partial charge < -0.3 is 5.11 Å². The fourth-order valence-electron chi connectivity index (χ4n) is 1.05. The summed E-state index contributed by atoms with van der Waals surface area (Å²) < 4.78 is 0. The molecule has 1 unspecified atom stereocenters. The fourth-order valence-corrected chi connectivity index (χ4v) is 1.57. The molecule has 0 aromatic carbocycles. The van der Waals surface area contributed by atoms with Gasteiger partial charge in [-0.1, -0.05) is 30.1 Å². The molecule has 72 valence electrons. The van der Waals surface area contributed by atoms with E-state index in [0.717, 1.165) is 5.56 Å². The van der Waals surface area contributed by atoms with Gasteiger partial charge >= 0.3 is 0 Å². The topological polar surface area (TPSA) is 33.1 Å². The molecular formula is C9H11Cl2NO. The molecule has 0 saturated carbocycles. The van der Waals surface area contributed by atoms with E-state index in [0.29, 0.717) is 16.5 Å². The molecule has 13 heavy (non-hydrogen) atoms. The van der Waals surface area contributed by atoms with Gasteiger partial charge in [0.2, 0.25) is 0 Å². The summed E-state index contributed by atoms with van der Waals surface area (Å²) in [4.78, 5) is 3.85. The van der Waals surface area contributed by atoms with Gasteiger partial charge in [0, 0.05) is 19.0 Å². The number of hydrogen-bond donors (Lipinski definition) is 1. The molecule has 0 aliphatic carbocycles. The van der Waals surface area contributed by atoms with Crippen LogP contribution in [0.3, 0.4) is 0 Å². The van der Waals surface area contributed by atoms with Gasteiger partial charge in [0.05, 0.1) is 10.0 Å². The predicted octanol–water partition coefficient (Wildman–Crippen LogP) is 2.56. The van der Waals surface area contributed by atoms with Crippen molar-refractivity contribution in [2.24, 2.45) is 5.92 Å². The molecule has 0 spiro atoms. The van der Waals surface area contributed by atoms with Crippen LogP contribution in [0.5, 0.6) is 0 Å². The largest absolute Gasteiger partial charge is 0.396 e. The molecule has 4 heteroatoms. The van der Waals surface area contributed by atoms with Crippen molar-refractivity contribution in [3.05, 3.63) is 28.0 Å². The predicted molar refractivity (Wildman–Crippen MR) is 54.2 cm³/mol. The molecule has 0 aliphatic rings. The Morgan fingerprint density at radius 1 is 1.38 bits per heavy atom. The first kappa shape index (κ1) is 10.8. The summed E-state index contributed by atoms with van der Waals surface area (Å²) in [6.07, 6.45) is 3.80. The molecule has 1 heterocycles. The Bertz CT molecular complexity index is 271. The van der Waals surface area contributed by atoms with Crippen molar-refractivity contribution in [3.63, 3.8) is 0 Å². The van der Waals surface area contributed by atoms with Crippen molar-refractivity contribution in [2.75, 3.05) is 6.61 Å². The molecule has 1 aromatic rings. The normalized spacial score (nSPS) is 12.9. The minimum atomic E-state index is 0.134. The molecule has 2 nitrogen and oxygen atoms in total. The van der Waals surface area contributed by atoms with Crippen LogP contribution in [0.15, 0.2) is 12.4 Å². The Morgan fingerprint density at radius 3 is 2.38 bits per heavy atom. The summed E-state index contributed by atoms with van der Waals surface area (Å²) in [7, 11) is 0. The molecule has 0 saturated heterocycles. The lowest BCUT2D eigenvalue weighted by molar-refractivity contribution is 0.237. The van der Waals surface area contributed by atoms with E-state index >= 15 is 0 Å². The molecule has 1 aromatic heterocycles. The van der Waals surface area contributed by atoms with Gasteiger partial charge in [0.25, 0.3) is 0 Å². The number of halogens is 2. The van der Waals surface area contributed by atoms with Crippen LogP contribution < -0.4 is 0 Å². The van der Waals surface area contributed by atoms with Crippen molar-refractivity contribution >= 4 is 23.2 Å². The second-order valence-electron chi connectivity index (χ2n) is 3.07. The van der Waals surface area contributed by atoms with Gasteiger partial charge in [-0.25, -0.2) is 0 Å². The minimum absolute atomic E-state index is 0.134. The fraction of sp³-hybridized carbons (Fsp3) is 0.444. The third-order valence-corrected chi connectivity index (χ3v) is 2.47. The van der Waals surface area contributed by atoms with E-state index in [9.17, 15) is 0 Å². The summed E-state index contributed by atoms with van der Waals surface area (Å²) in [6, 6.07) is 0. The zero-order valence-electron chi connectivity index (χ0n) is 7.30. The van der Waals surface area contributed by atoms with E-state index in [4.69, 9.17) is 28.3 Å². The van der Waals surface area contributed by atoms with Gasteiger partial charge in [-0.3, -0.25) is 4.98 Å². The Balaban J connectivity index is 2.87. The zero-order valence-corrected chi connectivity index (χ0v) is 8.81. The number of hydrogen-bond acceptors (Lipinski definition) is 2. The first-order valence-electron chi connectivity index (χ1n) is 4.04. The second-order valence-corrected chi connectivity index (χ2v) is 3.89. The summed E-state index contributed by atoms with van der Waals surface area (Å²) in [6.45, 7) is 2.07. The third-order valence-electron chi connectivity index (χ3n) is 1.82. The highest BCUT2D eigenvalue weighted by Gasteiger charge is 2.09. The lowest BCUT2D eigenvalue weighted by Crippen LogP contribution is -2.05. The third kappa shape index (κ3) is 2.83. The maximum Gasteiger partial charge on any atom is 0.0636 e. The molecule has 1 rings (SSSR count). The average molecular weight is 220 g/mol. The molecule has 0 radical (unpaired) electrons. The number of aliphatic hydroxyl groups is 1. The van der Waals surface area contributed by atoms with Gasteiger partial charge in [-0.15, -0.1) is 0 Å². The Morgan fingerprint density at radius 2 is 1.92 bits per heavy atom. The summed E-state index contributed by atoms with van der Waals surface area (Å²) >= 11 is 11.8. The number of aromatic nitrogens is 1. The Kier molecular flexibility index (Phi) is 3.97. The summed E-state index contributed by atoms with van der Waals surface area (Å²) in [5.74, 6) is 0.164. The maximum absolute atomic E-state index is 8.88. The maximum atomic E-state index is 8.88. The van der Waals surface area contributed by atoms with Crippen LogP contribution in [0.1, 0.15) is 12.5 Å². The molecule has 0 fully saturated rings. The molecular weight excluding hydrogens is 209 g/mol. The van der Waals surface area contributed by atoms with Crippen molar-refractivity contribution in [1.82, 2.24) is 4.98 Å². The highest BCUT2D eigenvalue weighted by Crippen LogP contribution is 2.25. The van der Waals surface area contributed by atoms with Crippen LogP contribution in [-0.2, 0) is 6.42 Å². The summed E-state index contributed by atoms with van der Waals surface area (Å²) in [5, 5.41) is 10.0. The Hall–Kier alpha value is -0.310. The van der Waals surface area contributed by atoms with Crippen molar-refractivity contribution in [2.45, 2.75) is 13.3 Å². The average Bonchev–Trinajstić information content (AvgIpc) is 2.11. The van der Waals surface area contributed by atoms with Crippen molar-refractivity contribution < 1.29 is 5.11 Å². The number of aliphatic hydroxyl groups excluding tert-OH is 1. The van der Waals surface area contributed by atoms with Gasteiger partial charge in [-0.2, -0.15) is 0 Å². The van der Waals surface area contributed by atoms with E-state index < -0.39 is 0 Å². The van der Waals surface area contributed by atoms with E-state index in [-0.39, 0.29) is 12.5 Å². The summed E-state index contributed by atoms with van der Waals surface area (Å²) in [5.41, 5.74) is 0.861. The highest BCUT2D eigenvalue weighted by atomic mass is 35.5. The van der Waals surface area contributed by atoms with Gasteiger partial charge in [0.1, 0.15) is 0 Å². The molecule has 0 aliphatic heterocycles. The quantitative estimate of drug-likeness (QED) is 0.849. The minimum Gasteiger partial charge on any atom is -0.396 e. The van der Waals surface area contributed by atoms with Crippen LogP contribution in [0, 0.1) is 5.92 Å². The second kappa shape index (κ2) is 4.80. The molecule has 1 N–H and O–H groups in total. The lowest BCUT2D eigenvalue weighted by atomic mass is 10.0. The van der Waals surface area contributed by atoms with Gasteiger partial charge in [-0.05, 0) is 17.9 Å². The van der Waals surface area contributed by atoms with Crippen LogP contribution >= 0.6 is 23.2 Å². The van der Waals surface area contributed by atoms with Crippen LogP contribution in [0.4, 0.5) is 0 Å². The Labute approximate surface area is 87.5 Å². The first-order chi connectivity index (χ1) is 6.15. The molecule has 0 amide bonds. The van der Waals surface area contributed by atoms with Crippen LogP contribution in [0.2, 0.25) is 10.0 Å². The SMILES string of the molecule is CC(CO)Cc1c(Cl)cncc1Cl. The molecule has 0 bridgehead atoms. The van der Waals surface area contributed by atoms with Crippen LogP contribution in [0.25, 0.3) is 0 Å². The first-order valence-corrected chi connectivity index (χ1v) is 4.79. The van der Waals surface area contributed by atoms with Crippen LogP contribution in [-0.4, -0.2) is 16.7 Å². The van der Waals surface area contributed by atoms with Crippen molar-refractivity contribution in [3.8, 4) is 0 Å². The standard InChI is InChI=1S/C9H11Cl2NO/c1-6(5-13)2-7-8(10)3-12-4-9(7)11/h3-4,6,13H,2,5H2,1H3. The van der Waals surface area contributed by atoms with E-state index in [1.165, 1.54) is 0 Å². The number of nitrogens with zero attached hydrogens (tertiary/aromatic N) is 1. The van der Waals surface area contributed by atoms with E-state index in [1.807, 2.05) is 6.92 Å². The lowest BCUT2D eigenvalue weighted by Gasteiger charge is -2.10. The monoisotopic (exact) mass is 219 g/mol. The number of pyridine rings is 1.